The van der Waals surface area contributed by atoms with Crippen LogP contribution < -0.4 is 25.9 Å². The molecule has 0 radical (unpaired) electrons. The molecule has 1 aromatic heterocycles. The molecule has 0 saturated carbocycles. The van der Waals surface area contributed by atoms with Gasteiger partial charge >= 0.3 is 0 Å². The van der Waals surface area contributed by atoms with Crippen molar-refractivity contribution in [1.82, 2.24) is 4.57 Å². The van der Waals surface area contributed by atoms with E-state index >= 15 is 0 Å². The fourth-order valence-electron chi connectivity index (χ4n) is 7.31. The highest BCUT2D eigenvalue weighted by atomic mass is 16.5. The monoisotopic (exact) mass is 511 g/mol. The average Bonchev–Trinajstić information content (AvgIpc) is 3.48. The molecule has 0 saturated heterocycles. The predicted octanol–water partition coefficient (Wildman–Crippen LogP) is 7.06. The third kappa shape index (κ3) is 3.18. The third-order valence-corrected chi connectivity index (χ3v) is 9.06. The van der Waals surface area contributed by atoms with Crippen LogP contribution in [0.4, 0.5) is 0 Å². The van der Waals surface area contributed by atoms with Gasteiger partial charge in [0.2, 0.25) is 0 Å². The van der Waals surface area contributed by atoms with Crippen molar-refractivity contribution in [2.75, 3.05) is 0 Å². The summed E-state index contributed by atoms with van der Waals surface area (Å²) >= 11 is 0. The van der Waals surface area contributed by atoms with Gasteiger partial charge in [0.1, 0.15) is 23.0 Å². The lowest BCUT2D eigenvalue weighted by Crippen LogP contribution is -2.57. The molecule has 8 rings (SSSR count). The van der Waals surface area contributed by atoms with E-state index in [4.69, 9.17) is 9.47 Å². The molecule has 4 aromatic carbocycles. The maximum Gasteiger partial charge on any atom is 0.260 e. The number of hydrogen-bond acceptors (Lipinski definition) is 2. The van der Waals surface area contributed by atoms with Crippen LogP contribution in [0.3, 0.4) is 0 Å². The number of benzene rings is 4. The number of nitrogens with zero attached hydrogens (tertiary/aromatic N) is 1. The minimum atomic E-state index is -0.0628. The van der Waals surface area contributed by atoms with Crippen LogP contribution >= 0.6 is 0 Å². The first-order valence-electron chi connectivity index (χ1n) is 14.4. The molecule has 3 aliphatic rings. The van der Waals surface area contributed by atoms with E-state index in [1.807, 2.05) is 6.07 Å². The number of ether oxygens (including phenoxy) is 2. The molecule has 0 fully saturated rings. The number of hydrogen-bond donors (Lipinski definition) is 0. The Morgan fingerprint density at radius 3 is 2.21 bits per heavy atom. The van der Waals surface area contributed by atoms with E-state index in [-0.39, 0.29) is 17.7 Å². The van der Waals surface area contributed by atoms with Crippen molar-refractivity contribution in [3.8, 4) is 23.0 Å². The molecule has 39 heavy (non-hydrogen) atoms. The summed E-state index contributed by atoms with van der Waals surface area (Å²) in [5.74, 6) is 3.71. The predicted molar refractivity (Wildman–Crippen MR) is 163 cm³/mol. The second-order valence-electron chi connectivity index (χ2n) is 13.7. The summed E-state index contributed by atoms with van der Waals surface area (Å²) in [6.07, 6.45) is 3.58. The third-order valence-electron chi connectivity index (χ3n) is 9.06. The van der Waals surface area contributed by atoms with Gasteiger partial charge in [-0.25, -0.2) is 0 Å². The lowest BCUT2D eigenvalue weighted by molar-refractivity contribution is 0.423. The molecule has 4 heteroatoms. The smallest absolute Gasteiger partial charge is 0.260 e. The van der Waals surface area contributed by atoms with E-state index in [1.54, 1.807) is 0 Å². The van der Waals surface area contributed by atoms with Gasteiger partial charge in [0, 0.05) is 32.8 Å². The van der Waals surface area contributed by atoms with Gasteiger partial charge in [-0.1, -0.05) is 45.0 Å². The minimum absolute atomic E-state index is 0.0474. The molecule has 0 N–H and O–H groups in total. The summed E-state index contributed by atoms with van der Waals surface area (Å²) in [5.41, 5.74) is 10.6. The van der Waals surface area contributed by atoms with Crippen molar-refractivity contribution in [1.29, 1.82) is 0 Å². The zero-order valence-corrected chi connectivity index (χ0v) is 23.7. The van der Waals surface area contributed by atoms with Gasteiger partial charge < -0.3 is 14.0 Å². The second kappa shape index (κ2) is 7.50. The molecule has 0 unspecified atom stereocenters. The highest BCUT2D eigenvalue weighted by Crippen LogP contribution is 2.43. The van der Waals surface area contributed by atoms with Crippen LogP contribution in [-0.2, 0) is 23.8 Å². The number of rotatable bonds is 0. The Bertz CT molecular complexity index is 1870. The van der Waals surface area contributed by atoms with Crippen molar-refractivity contribution < 1.29 is 9.47 Å². The number of fused-ring (bicyclic) bond motifs is 9. The zero-order chi connectivity index (χ0) is 26.8. The molecule has 2 aliphatic heterocycles. The summed E-state index contributed by atoms with van der Waals surface area (Å²) in [6, 6.07) is 22.5. The quantitative estimate of drug-likeness (QED) is 0.204. The van der Waals surface area contributed by atoms with E-state index in [1.165, 1.54) is 62.3 Å². The van der Waals surface area contributed by atoms with Gasteiger partial charge in [0.15, 0.2) is 0 Å². The van der Waals surface area contributed by atoms with Gasteiger partial charge in [-0.05, 0) is 109 Å². The normalized spacial score (nSPS) is 15.5. The molecule has 0 bridgehead atoms. The largest absolute Gasteiger partial charge is 0.458 e. The Morgan fingerprint density at radius 2 is 1.46 bits per heavy atom. The van der Waals surface area contributed by atoms with E-state index in [0.29, 0.717) is 0 Å². The van der Waals surface area contributed by atoms with Crippen molar-refractivity contribution >= 4 is 44.9 Å². The van der Waals surface area contributed by atoms with Crippen LogP contribution in [0.25, 0.3) is 21.8 Å². The van der Waals surface area contributed by atoms with Crippen LogP contribution in [0, 0.1) is 0 Å². The first-order valence-corrected chi connectivity index (χ1v) is 14.4. The van der Waals surface area contributed by atoms with Crippen LogP contribution in [0.5, 0.6) is 23.0 Å². The second-order valence-corrected chi connectivity index (χ2v) is 13.7. The van der Waals surface area contributed by atoms with E-state index in [0.717, 1.165) is 34.9 Å². The molecule has 3 heterocycles. The molecular weight excluding hydrogens is 477 g/mol. The lowest BCUT2D eigenvalue weighted by atomic mass is 9.34. The summed E-state index contributed by atoms with van der Waals surface area (Å²) in [4.78, 5) is 0. The van der Waals surface area contributed by atoms with E-state index in [2.05, 4.69) is 101 Å². The van der Waals surface area contributed by atoms with Gasteiger partial charge in [0.05, 0.1) is 0 Å². The van der Waals surface area contributed by atoms with Crippen LogP contribution in [0.1, 0.15) is 64.7 Å². The maximum atomic E-state index is 6.72. The molecule has 0 spiro atoms. The van der Waals surface area contributed by atoms with Crippen molar-refractivity contribution in [2.24, 2.45) is 0 Å². The molecule has 194 valence electrons. The molecule has 0 amide bonds. The highest BCUT2D eigenvalue weighted by molar-refractivity contribution is 6.98. The summed E-state index contributed by atoms with van der Waals surface area (Å²) < 4.78 is 15.8. The van der Waals surface area contributed by atoms with Crippen LogP contribution in [0.15, 0.2) is 60.7 Å². The van der Waals surface area contributed by atoms with Crippen molar-refractivity contribution in [3.63, 3.8) is 0 Å². The van der Waals surface area contributed by atoms with Crippen LogP contribution in [-0.4, -0.2) is 11.3 Å². The van der Waals surface area contributed by atoms with Gasteiger partial charge in [-0.3, -0.25) is 0 Å². The van der Waals surface area contributed by atoms with Crippen molar-refractivity contribution in [3.05, 3.63) is 77.4 Å². The maximum absolute atomic E-state index is 6.72. The Balaban J connectivity index is 1.47. The Morgan fingerprint density at radius 1 is 0.718 bits per heavy atom. The summed E-state index contributed by atoms with van der Waals surface area (Å²) in [7, 11) is 0. The standard InChI is InChI=1S/C35H34BNO2/c1-34(2,3)21-14-16-28-24(17-21)36-25-19-27-23(18-31(25)39-30-12-8-11-29(38-28)33(30)36)32-22-10-7-9-20(22)13-15-26(32)37(27)35(4,5)6/h8,11-19H,7,9-10H2,1-6H3. The molecule has 3 nitrogen and oxygen atoms in total. The SMILES string of the molecule is CC(C)(C)c1ccc2c(c1)B1c3cc4c(cc3Oc3cccc(c31)O2)c1c2c(ccc1n4C(C)(C)C)CCC2. The lowest BCUT2D eigenvalue weighted by Gasteiger charge is -2.34. The Kier molecular flexibility index (Phi) is 4.47. The fraction of sp³-hybridized carbons (Fsp3) is 0.314. The number of aromatic nitrogens is 1. The Labute approximate surface area is 230 Å². The van der Waals surface area contributed by atoms with E-state index in [9.17, 15) is 0 Å². The fourth-order valence-corrected chi connectivity index (χ4v) is 7.31. The van der Waals surface area contributed by atoms with Gasteiger partial charge in [0.25, 0.3) is 6.71 Å². The van der Waals surface area contributed by atoms with E-state index < -0.39 is 0 Å². The Hall–Kier alpha value is -3.66. The van der Waals surface area contributed by atoms with Gasteiger partial charge in [-0.15, -0.1) is 0 Å². The first kappa shape index (κ1) is 23.3. The topological polar surface area (TPSA) is 23.4 Å². The van der Waals surface area contributed by atoms with Crippen molar-refractivity contribution in [2.45, 2.75) is 71.8 Å². The molecule has 0 atom stereocenters. The molecular formula is C35H34BNO2. The molecule has 5 aromatic rings. The summed E-state index contributed by atoms with van der Waals surface area (Å²) in [5, 5.41) is 2.73. The minimum Gasteiger partial charge on any atom is -0.458 e. The number of aryl methyl sites for hydroxylation is 2. The highest BCUT2D eigenvalue weighted by Gasteiger charge is 2.41. The summed E-state index contributed by atoms with van der Waals surface area (Å²) in [6.45, 7) is 13.9. The van der Waals surface area contributed by atoms with Gasteiger partial charge in [-0.2, -0.15) is 0 Å². The zero-order valence-electron chi connectivity index (χ0n) is 23.7. The first-order chi connectivity index (χ1) is 18.6. The average molecular weight is 511 g/mol. The van der Waals surface area contributed by atoms with Crippen LogP contribution in [0.2, 0.25) is 0 Å². The molecule has 1 aliphatic carbocycles.